The van der Waals surface area contributed by atoms with Crippen LogP contribution in [0.2, 0.25) is 0 Å². The Balaban J connectivity index is 2.72. The summed E-state index contributed by atoms with van der Waals surface area (Å²) in [6.45, 7) is 4.16. The SMILES string of the molecule is COCC(C)C(=O)Nc1cc(N)ccc1C. The molecule has 4 nitrogen and oxygen atoms in total. The van der Waals surface area contributed by atoms with Crippen LogP contribution in [0.3, 0.4) is 0 Å². The number of carbonyl (C=O) groups excluding carboxylic acids is 1. The fraction of sp³-hybridized carbons (Fsp3) is 0.417. The van der Waals surface area contributed by atoms with Crippen LogP contribution in [0.25, 0.3) is 0 Å². The van der Waals surface area contributed by atoms with E-state index < -0.39 is 0 Å². The van der Waals surface area contributed by atoms with Crippen LogP contribution in [0.5, 0.6) is 0 Å². The van der Waals surface area contributed by atoms with E-state index in [2.05, 4.69) is 5.32 Å². The molecular formula is C12H18N2O2. The second-order valence-electron chi connectivity index (χ2n) is 3.92. The summed E-state index contributed by atoms with van der Waals surface area (Å²) >= 11 is 0. The standard InChI is InChI=1S/C12H18N2O2/c1-8-4-5-10(13)6-11(8)14-12(15)9(2)7-16-3/h4-6,9H,7,13H2,1-3H3,(H,14,15). The van der Waals surface area contributed by atoms with Gasteiger partial charge in [0.15, 0.2) is 0 Å². The van der Waals surface area contributed by atoms with Crippen molar-refractivity contribution >= 4 is 17.3 Å². The highest BCUT2D eigenvalue weighted by Gasteiger charge is 2.13. The molecule has 0 heterocycles. The summed E-state index contributed by atoms with van der Waals surface area (Å²) in [6.07, 6.45) is 0. The number of anilines is 2. The van der Waals surface area contributed by atoms with Gasteiger partial charge in [-0.15, -0.1) is 0 Å². The molecular weight excluding hydrogens is 204 g/mol. The molecule has 16 heavy (non-hydrogen) atoms. The average molecular weight is 222 g/mol. The van der Waals surface area contributed by atoms with Gasteiger partial charge >= 0.3 is 0 Å². The first-order chi connectivity index (χ1) is 7.54. The Morgan fingerprint density at radius 1 is 1.56 bits per heavy atom. The van der Waals surface area contributed by atoms with Crippen molar-refractivity contribution in [1.29, 1.82) is 0 Å². The predicted molar refractivity (Wildman–Crippen MR) is 65.3 cm³/mol. The first-order valence-electron chi connectivity index (χ1n) is 5.20. The predicted octanol–water partition coefficient (Wildman–Crippen LogP) is 1.80. The van der Waals surface area contributed by atoms with Crippen LogP contribution in [0.1, 0.15) is 12.5 Å². The van der Waals surface area contributed by atoms with E-state index in [4.69, 9.17) is 10.5 Å². The van der Waals surface area contributed by atoms with E-state index in [-0.39, 0.29) is 11.8 Å². The van der Waals surface area contributed by atoms with Crippen molar-refractivity contribution in [1.82, 2.24) is 0 Å². The zero-order valence-electron chi connectivity index (χ0n) is 9.91. The Morgan fingerprint density at radius 3 is 2.88 bits per heavy atom. The number of nitrogens with one attached hydrogen (secondary N) is 1. The minimum atomic E-state index is -0.175. The number of rotatable bonds is 4. The Bertz CT molecular complexity index is 377. The van der Waals surface area contributed by atoms with Gasteiger partial charge in [-0.25, -0.2) is 0 Å². The number of carbonyl (C=O) groups is 1. The van der Waals surface area contributed by atoms with Crippen LogP contribution in [0, 0.1) is 12.8 Å². The number of aryl methyl sites for hydroxylation is 1. The van der Waals surface area contributed by atoms with E-state index in [0.29, 0.717) is 12.3 Å². The second kappa shape index (κ2) is 5.51. The highest BCUT2D eigenvalue weighted by Crippen LogP contribution is 2.18. The summed E-state index contributed by atoms with van der Waals surface area (Å²) < 4.78 is 4.93. The summed E-state index contributed by atoms with van der Waals surface area (Å²) in [7, 11) is 1.58. The van der Waals surface area contributed by atoms with E-state index in [1.165, 1.54) is 0 Å². The Kier molecular flexibility index (Phi) is 4.31. The summed E-state index contributed by atoms with van der Waals surface area (Å²) in [5.41, 5.74) is 8.05. The van der Waals surface area contributed by atoms with Crippen molar-refractivity contribution in [2.45, 2.75) is 13.8 Å². The van der Waals surface area contributed by atoms with Gasteiger partial charge in [0.2, 0.25) is 5.91 Å². The van der Waals surface area contributed by atoms with Crippen molar-refractivity contribution in [3.05, 3.63) is 23.8 Å². The molecule has 0 spiro atoms. The Labute approximate surface area is 95.8 Å². The van der Waals surface area contributed by atoms with Crippen LogP contribution >= 0.6 is 0 Å². The van der Waals surface area contributed by atoms with Crippen molar-refractivity contribution in [3.8, 4) is 0 Å². The van der Waals surface area contributed by atoms with Gasteiger partial charge < -0.3 is 15.8 Å². The van der Waals surface area contributed by atoms with Gasteiger partial charge in [-0.2, -0.15) is 0 Å². The van der Waals surface area contributed by atoms with Crippen LogP contribution in [0.15, 0.2) is 18.2 Å². The van der Waals surface area contributed by atoms with E-state index in [9.17, 15) is 4.79 Å². The maximum Gasteiger partial charge on any atom is 0.229 e. The lowest BCUT2D eigenvalue weighted by atomic mass is 10.1. The van der Waals surface area contributed by atoms with E-state index >= 15 is 0 Å². The molecule has 0 aliphatic carbocycles. The summed E-state index contributed by atoms with van der Waals surface area (Å²) in [6, 6.07) is 5.45. The zero-order chi connectivity index (χ0) is 12.1. The van der Waals surface area contributed by atoms with Crippen LogP contribution in [0.4, 0.5) is 11.4 Å². The third-order valence-electron chi connectivity index (χ3n) is 2.38. The summed E-state index contributed by atoms with van der Waals surface area (Å²) in [5.74, 6) is -0.235. The number of nitrogen functional groups attached to an aromatic ring is 1. The monoisotopic (exact) mass is 222 g/mol. The van der Waals surface area contributed by atoms with Crippen molar-refractivity contribution in [2.75, 3.05) is 24.8 Å². The number of nitrogens with two attached hydrogens (primary N) is 1. The number of hydrogen-bond donors (Lipinski definition) is 2. The van der Waals surface area contributed by atoms with Crippen molar-refractivity contribution in [2.24, 2.45) is 5.92 Å². The summed E-state index contributed by atoms with van der Waals surface area (Å²) in [4.78, 5) is 11.7. The molecule has 1 rings (SSSR count). The third-order valence-corrected chi connectivity index (χ3v) is 2.38. The van der Waals surface area contributed by atoms with Gasteiger partial charge in [0.1, 0.15) is 0 Å². The summed E-state index contributed by atoms with van der Waals surface area (Å²) in [5, 5.41) is 2.84. The lowest BCUT2D eigenvalue weighted by molar-refractivity contribution is -0.120. The smallest absolute Gasteiger partial charge is 0.229 e. The van der Waals surface area contributed by atoms with E-state index in [1.807, 2.05) is 26.0 Å². The molecule has 88 valence electrons. The number of amides is 1. The Morgan fingerprint density at radius 2 is 2.25 bits per heavy atom. The number of methoxy groups -OCH3 is 1. The average Bonchev–Trinajstić information content (AvgIpc) is 2.23. The van der Waals surface area contributed by atoms with Gasteiger partial charge in [-0.05, 0) is 24.6 Å². The zero-order valence-corrected chi connectivity index (χ0v) is 9.91. The van der Waals surface area contributed by atoms with Crippen LogP contribution in [-0.4, -0.2) is 19.6 Å². The molecule has 3 N–H and O–H groups in total. The fourth-order valence-corrected chi connectivity index (χ4v) is 1.36. The minimum Gasteiger partial charge on any atom is -0.399 e. The first-order valence-corrected chi connectivity index (χ1v) is 5.20. The lowest BCUT2D eigenvalue weighted by Gasteiger charge is -2.13. The molecule has 0 aromatic heterocycles. The molecule has 1 aromatic carbocycles. The van der Waals surface area contributed by atoms with E-state index in [0.717, 1.165) is 11.3 Å². The first kappa shape index (κ1) is 12.5. The minimum absolute atomic E-state index is 0.0597. The van der Waals surface area contributed by atoms with Gasteiger partial charge in [-0.1, -0.05) is 13.0 Å². The van der Waals surface area contributed by atoms with Crippen LogP contribution < -0.4 is 11.1 Å². The highest BCUT2D eigenvalue weighted by atomic mass is 16.5. The molecule has 4 heteroatoms. The normalized spacial score (nSPS) is 12.2. The van der Waals surface area contributed by atoms with Crippen LogP contribution in [-0.2, 0) is 9.53 Å². The quantitative estimate of drug-likeness (QED) is 0.763. The van der Waals surface area contributed by atoms with Gasteiger partial charge in [0.25, 0.3) is 0 Å². The van der Waals surface area contributed by atoms with Gasteiger partial charge in [0.05, 0.1) is 12.5 Å². The molecule has 1 atom stereocenters. The Hall–Kier alpha value is -1.55. The molecule has 0 aliphatic rings. The molecule has 0 radical (unpaired) electrons. The largest absolute Gasteiger partial charge is 0.399 e. The molecule has 0 saturated carbocycles. The molecule has 1 unspecified atom stereocenters. The number of hydrogen-bond acceptors (Lipinski definition) is 3. The number of benzene rings is 1. The van der Waals surface area contributed by atoms with Crippen molar-refractivity contribution in [3.63, 3.8) is 0 Å². The molecule has 1 amide bonds. The third kappa shape index (κ3) is 3.24. The molecule has 0 bridgehead atoms. The van der Waals surface area contributed by atoms with Gasteiger partial charge in [0, 0.05) is 18.5 Å². The lowest BCUT2D eigenvalue weighted by Crippen LogP contribution is -2.24. The van der Waals surface area contributed by atoms with Crippen molar-refractivity contribution < 1.29 is 9.53 Å². The molecule has 1 aromatic rings. The fourth-order valence-electron chi connectivity index (χ4n) is 1.36. The second-order valence-corrected chi connectivity index (χ2v) is 3.92. The maximum absolute atomic E-state index is 11.7. The highest BCUT2D eigenvalue weighted by molar-refractivity contribution is 5.93. The van der Waals surface area contributed by atoms with Gasteiger partial charge in [-0.3, -0.25) is 4.79 Å². The topological polar surface area (TPSA) is 64.3 Å². The van der Waals surface area contributed by atoms with E-state index in [1.54, 1.807) is 13.2 Å². The number of ether oxygens (including phenoxy) is 1. The molecule has 0 saturated heterocycles. The molecule has 0 fully saturated rings. The molecule has 0 aliphatic heterocycles. The maximum atomic E-state index is 11.7.